The Labute approximate surface area is 86.1 Å². The van der Waals surface area contributed by atoms with Crippen molar-refractivity contribution in [3.05, 3.63) is 28.1 Å². The molecular weight excluding hydrogens is 202 g/mol. The van der Waals surface area contributed by atoms with Gasteiger partial charge in [-0.2, -0.15) is 0 Å². The van der Waals surface area contributed by atoms with Crippen molar-refractivity contribution < 1.29 is 0 Å². The van der Waals surface area contributed by atoms with Gasteiger partial charge in [0, 0.05) is 5.69 Å². The number of hydrogen-bond donors (Lipinski definition) is 1. The number of nitrogens with two attached hydrogens (primary N) is 1. The molecule has 0 bridgehead atoms. The first-order chi connectivity index (χ1) is 6.24. The van der Waals surface area contributed by atoms with Gasteiger partial charge in [0.2, 0.25) is 0 Å². The predicted molar refractivity (Wildman–Crippen MR) is 60.6 cm³/mol. The third-order valence-corrected chi connectivity index (χ3v) is 3.70. The Morgan fingerprint density at radius 2 is 2.23 bits per heavy atom. The zero-order valence-corrected chi connectivity index (χ0v) is 8.88. The van der Waals surface area contributed by atoms with E-state index in [9.17, 15) is 0 Å². The molecule has 1 aromatic heterocycles. The Balaban J connectivity index is 2.86. The van der Waals surface area contributed by atoms with Gasteiger partial charge >= 0.3 is 0 Å². The van der Waals surface area contributed by atoms with Crippen LogP contribution in [0.5, 0.6) is 0 Å². The molecule has 2 N–H and O–H groups in total. The zero-order valence-electron chi connectivity index (χ0n) is 7.30. The maximum atomic E-state index is 6.10. The van der Waals surface area contributed by atoms with Crippen molar-refractivity contribution in [1.82, 2.24) is 0 Å². The van der Waals surface area contributed by atoms with Gasteiger partial charge in [-0.15, -0.1) is 11.3 Å². The van der Waals surface area contributed by atoms with Crippen LogP contribution in [0.3, 0.4) is 0 Å². The number of benzene rings is 1. The van der Waals surface area contributed by atoms with Crippen LogP contribution in [0.2, 0.25) is 4.34 Å². The maximum Gasteiger partial charge on any atom is 0.0973 e. The molecule has 0 unspecified atom stereocenters. The second-order valence-corrected chi connectivity index (χ2v) is 4.55. The van der Waals surface area contributed by atoms with Crippen LogP contribution in [-0.4, -0.2) is 0 Å². The van der Waals surface area contributed by atoms with Gasteiger partial charge in [0.05, 0.1) is 9.04 Å². The number of thiophene rings is 1. The van der Waals surface area contributed by atoms with E-state index in [-0.39, 0.29) is 0 Å². The number of anilines is 1. The average Bonchev–Trinajstić information content (AvgIpc) is 2.43. The predicted octanol–water partition coefficient (Wildman–Crippen LogP) is 3.70. The quantitative estimate of drug-likeness (QED) is 0.716. The highest BCUT2D eigenvalue weighted by Gasteiger charge is 2.09. The van der Waals surface area contributed by atoms with Gasteiger partial charge in [0.25, 0.3) is 0 Å². The first-order valence-corrected chi connectivity index (χ1v) is 5.39. The summed E-state index contributed by atoms with van der Waals surface area (Å²) in [5.41, 5.74) is 7.88. The van der Waals surface area contributed by atoms with Crippen molar-refractivity contribution in [3.8, 4) is 0 Å². The van der Waals surface area contributed by atoms with E-state index in [4.69, 9.17) is 17.3 Å². The van der Waals surface area contributed by atoms with Crippen LogP contribution in [0.25, 0.3) is 10.1 Å². The van der Waals surface area contributed by atoms with Gasteiger partial charge < -0.3 is 5.73 Å². The lowest BCUT2D eigenvalue weighted by Gasteiger charge is -1.96. The molecule has 2 aromatic rings. The van der Waals surface area contributed by atoms with E-state index in [0.29, 0.717) is 0 Å². The summed E-state index contributed by atoms with van der Waals surface area (Å²) in [6, 6.07) is 5.96. The highest BCUT2D eigenvalue weighted by molar-refractivity contribution is 7.23. The second kappa shape index (κ2) is 3.20. The molecule has 0 spiro atoms. The van der Waals surface area contributed by atoms with Crippen LogP contribution >= 0.6 is 22.9 Å². The van der Waals surface area contributed by atoms with Gasteiger partial charge in [0.15, 0.2) is 0 Å². The van der Waals surface area contributed by atoms with Crippen LogP contribution in [-0.2, 0) is 6.42 Å². The summed E-state index contributed by atoms with van der Waals surface area (Å²) in [6.45, 7) is 2.11. The SMILES string of the molecule is CCc1c(Cl)sc2c(N)cccc12. The Kier molecular flexibility index (Phi) is 2.18. The summed E-state index contributed by atoms with van der Waals surface area (Å²) in [4.78, 5) is 0. The molecule has 0 radical (unpaired) electrons. The average molecular weight is 212 g/mol. The van der Waals surface area contributed by atoms with Crippen molar-refractivity contribution in [2.24, 2.45) is 0 Å². The van der Waals surface area contributed by atoms with Crippen molar-refractivity contribution in [3.63, 3.8) is 0 Å². The molecule has 13 heavy (non-hydrogen) atoms. The maximum absolute atomic E-state index is 6.10. The number of fused-ring (bicyclic) bond motifs is 1. The number of hydrogen-bond acceptors (Lipinski definition) is 2. The molecule has 0 saturated heterocycles. The lowest BCUT2D eigenvalue weighted by molar-refractivity contribution is 1.17. The largest absolute Gasteiger partial charge is 0.398 e. The van der Waals surface area contributed by atoms with Gasteiger partial charge in [-0.3, -0.25) is 0 Å². The van der Waals surface area contributed by atoms with E-state index < -0.39 is 0 Å². The molecule has 0 atom stereocenters. The van der Waals surface area contributed by atoms with Crippen molar-refractivity contribution in [2.45, 2.75) is 13.3 Å². The van der Waals surface area contributed by atoms with E-state index in [0.717, 1.165) is 21.1 Å². The number of halogens is 1. The Bertz CT molecular complexity index is 447. The van der Waals surface area contributed by atoms with Crippen LogP contribution < -0.4 is 5.73 Å². The van der Waals surface area contributed by atoms with E-state index in [1.165, 1.54) is 10.9 Å². The first kappa shape index (κ1) is 8.85. The Morgan fingerprint density at radius 3 is 2.92 bits per heavy atom. The minimum atomic E-state index is 0.823. The summed E-state index contributed by atoms with van der Waals surface area (Å²) in [7, 11) is 0. The fourth-order valence-corrected chi connectivity index (χ4v) is 3.00. The van der Waals surface area contributed by atoms with E-state index >= 15 is 0 Å². The summed E-state index contributed by atoms with van der Waals surface area (Å²) < 4.78 is 1.99. The summed E-state index contributed by atoms with van der Waals surface area (Å²) >= 11 is 7.67. The lowest BCUT2D eigenvalue weighted by atomic mass is 10.1. The summed E-state index contributed by atoms with van der Waals surface area (Å²) in [5, 5.41) is 1.21. The Morgan fingerprint density at radius 1 is 1.46 bits per heavy atom. The fourth-order valence-electron chi connectivity index (χ4n) is 1.49. The van der Waals surface area contributed by atoms with Crippen LogP contribution in [0.15, 0.2) is 18.2 Å². The molecule has 68 valence electrons. The summed E-state index contributed by atoms with van der Waals surface area (Å²) in [6.07, 6.45) is 0.961. The second-order valence-electron chi connectivity index (χ2n) is 2.93. The van der Waals surface area contributed by atoms with Crippen LogP contribution in [0.4, 0.5) is 5.69 Å². The molecule has 0 aliphatic rings. The highest BCUT2D eigenvalue weighted by atomic mass is 35.5. The molecule has 1 aromatic carbocycles. The zero-order chi connectivity index (χ0) is 9.42. The molecule has 2 rings (SSSR count). The lowest BCUT2D eigenvalue weighted by Crippen LogP contribution is -1.83. The molecule has 0 saturated carbocycles. The molecule has 0 amide bonds. The third-order valence-electron chi connectivity index (χ3n) is 2.15. The van der Waals surface area contributed by atoms with Crippen LogP contribution in [0.1, 0.15) is 12.5 Å². The molecule has 3 heteroatoms. The monoisotopic (exact) mass is 211 g/mol. The first-order valence-electron chi connectivity index (χ1n) is 4.19. The molecule has 0 aliphatic carbocycles. The number of aryl methyl sites for hydroxylation is 1. The smallest absolute Gasteiger partial charge is 0.0973 e. The standard InChI is InChI=1S/C10H10ClNS/c1-2-6-7-4-3-5-8(12)9(7)13-10(6)11/h3-5H,2,12H2,1H3. The Hall–Kier alpha value is -0.730. The topological polar surface area (TPSA) is 26.0 Å². The highest BCUT2D eigenvalue weighted by Crippen LogP contribution is 2.38. The van der Waals surface area contributed by atoms with Crippen molar-refractivity contribution in [2.75, 3.05) is 5.73 Å². The van der Waals surface area contributed by atoms with Gasteiger partial charge in [-0.25, -0.2) is 0 Å². The minimum absolute atomic E-state index is 0.823. The van der Waals surface area contributed by atoms with Gasteiger partial charge in [-0.05, 0) is 23.4 Å². The van der Waals surface area contributed by atoms with Gasteiger partial charge in [0.1, 0.15) is 0 Å². The third kappa shape index (κ3) is 1.30. The van der Waals surface area contributed by atoms with E-state index in [2.05, 4.69) is 13.0 Å². The van der Waals surface area contributed by atoms with E-state index in [1.54, 1.807) is 11.3 Å². The number of nitrogen functional groups attached to an aromatic ring is 1. The molecule has 0 fully saturated rings. The normalized spacial score (nSPS) is 10.9. The molecule has 1 nitrogen and oxygen atoms in total. The van der Waals surface area contributed by atoms with Crippen LogP contribution in [0, 0.1) is 0 Å². The molecule has 1 heterocycles. The molecule has 0 aliphatic heterocycles. The number of rotatable bonds is 1. The van der Waals surface area contributed by atoms with Gasteiger partial charge in [-0.1, -0.05) is 30.7 Å². The minimum Gasteiger partial charge on any atom is -0.398 e. The summed E-state index contributed by atoms with van der Waals surface area (Å²) in [5.74, 6) is 0. The van der Waals surface area contributed by atoms with E-state index in [1.807, 2.05) is 12.1 Å². The van der Waals surface area contributed by atoms with Crippen molar-refractivity contribution in [1.29, 1.82) is 0 Å². The fraction of sp³-hybridized carbons (Fsp3) is 0.200. The van der Waals surface area contributed by atoms with Crippen molar-refractivity contribution >= 4 is 38.7 Å². The molecular formula is C10H10ClNS.